The van der Waals surface area contributed by atoms with Gasteiger partial charge in [0.25, 0.3) is 11.4 Å². The Hall–Kier alpha value is -10.6. The molecule has 15 aromatic rings. The number of aliphatic hydroxyl groups excluding tert-OH is 2. The van der Waals surface area contributed by atoms with Crippen molar-refractivity contribution in [1.82, 2.24) is 33.1 Å². The van der Waals surface area contributed by atoms with E-state index in [1.54, 1.807) is 81.5 Å². The molecule has 0 aliphatic heterocycles. The van der Waals surface area contributed by atoms with Crippen LogP contribution >= 0.6 is 61.3 Å². The van der Waals surface area contributed by atoms with Crippen molar-refractivity contribution < 1.29 is 43.8 Å². The van der Waals surface area contributed by atoms with Crippen molar-refractivity contribution in [2.24, 2.45) is 0 Å². The van der Waals surface area contributed by atoms with Crippen molar-refractivity contribution in [3.63, 3.8) is 0 Å². The third kappa shape index (κ3) is 19.0. The molecule has 0 unspecified atom stereocenters. The zero-order valence-electron chi connectivity index (χ0n) is 52.6. The molecule has 0 atom stereocenters. The summed E-state index contributed by atoms with van der Waals surface area (Å²) < 4.78 is 31.6. The summed E-state index contributed by atoms with van der Waals surface area (Å²) in [5.74, 6) is 3.31. The molecule has 524 valence electrons. The van der Waals surface area contributed by atoms with Gasteiger partial charge in [-0.3, -0.25) is 38.2 Å². The number of rotatable bonds is 12. The van der Waals surface area contributed by atoms with E-state index in [2.05, 4.69) is 94.9 Å². The second-order valence-corrected chi connectivity index (χ2v) is 24.6. The largest absolute Gasteiger partial charge is 0.497 e. The lowest BCUT2D eigenvalue weighted by molar-refractivity contribution is -0.385. The molecule has 0 amide bonds. The summed E-state index contributed by atoms with van der Waals surface area (Å²) in [7, 11) is 9.58. The number of benzene rings is 8. The van der Waals surface area contributed by atoms with Crippen molar-refractivity contribution in [2.75, 3.05) is 71.3 Å². The van der Waals surface area contributed by atoms with Crippen LogP contribution in [0.5, 0.6) is 23.0 Å². The van der Waals surface area contributed by atoms with Gasteiger partial charge in [0.2, 0.25) is 0 Å². The van der Waals surface area contributed by atoms with E-state index >= 15 is 0 Å². The smallest absolute Gasteiger partial charge is 0.269 e. The molecular formula is C72H79BrN12O11S4. The number of halogens is 1. The van der Waals surface area contributed by atoms with Gasteiger partial charge in [-0.25, -0.2) is 19.9 Å². The molecule has 0 fully saturated rings. The lowest BCUT2D eigenvalue weighted by Gasteiger charge is -2.01. The number of nitrogens with one attached hydrogen (secondary N) is 1. The zero-order valence-corrected chi connectivity index (χ0v) is 57.4. The van der Waals surface area contributed by atoms with E-state index in [0.717, 1.165) is 122 Å². The maximum Gasteiger partial charge on any atom is 0.269 e. The standard InChI is InChI=1S/C17H15N3OS.C16H11N3O3S.C16H13N3OS.C8H6BrNO3.C8H8N2OS.C2H6O.CH4O.4CH4/c1-18-12-5-3-11(4-6-12)14-10-20-15-8-7-13(21-2)9-16(15)22-17(20)19-14;1-22-12-6-7-14-15(8-12)23-16-17-13(9-18(14)16)10-2-4-11(5-3-10)19(20)21;1-20-12-6-7-14-15(8-12)21-16-18-13(9-19(14)16)10-2-4-11(17)5-3-10;9-5-8(11)6-1-3-7(4-2-6)10(12)13;1-11-5-2-3-6-7(4-5)12-8(9)10-6;1-2-3;1-2;;;;/h3-10,18H,1-2H3;2-9H,1H3;2-9H,17H2,1H3;1-4H,5H2;2-4H,1H3,(H2,9,10);3H,2H2,1H3;2H,1H3;4*1H4. The maximum absolute atomic E-state index is 11.1. The Kier molecular flexibility index (Phi) is 29.9. The third-order valence-electron chi connectivity index (χ3n) is 14.1. The van der Waals surface area contributed by atoms with Crippen LogP contribution in [-0.4, -0.2) is 114 Å². The Morgan fingerprint density at radius 1 is 0.510 bits per heavy atom. The first-order valence-electron chi connectivity index (χ1n) is 28.9. The number of ether oxygens (including phenoxy) is 4. The number of Topliss-reactive ketones (excluding diaryl/α,β-unsaturated/α-hetero) is 1. The number of thiazole rings is 4. The Bertz CT molecular complexity index is 5130. The van der Waals surface area contributed by atoms with Gasteiger partial charge in [0, 0.05) is 97.2 Å². The maximum atomic E-state index is 11.1. The number of methoxy groups -OCH3 is 4. The third-order valence-corrected chi connectivity index (χ3v) is 18.5. The molecule has 0 spiro atoms. The number of fused-ring (bicyclic) bond motifs is 10. The number of aliphatic hydroxyl groups is 2. The average molecular weight is 1500 g/mol. The Balaban J connectivity index is 0.000000224. The van der Waals surface area contributed by atoms with Gasteiger partial charge < -0.3 is 45.9 Å². The molecule has 8 aromatic carbocycles. The highest BCUT2D eigenvalue weighted by Gasteiger charge is 2.16. The Morgan fingerprint density at radius 2 is 0.840 bits per heavy atom. The molecule has 0 aliphatic carbocycles. The molecule has 28 heteroatoms. The Labute approximate surface area is 602 Å². The molecule has 7 aromatic heterocycles. The van der Waals surface area contributed by atoms with Gasteiger partial charge in [-0.05, 0) is 128 Å². The summed E-state index contributed by atoms with van der Waals surface area (Å²) in [6, 6.07) is 51.8. The summed E-state index contributed by atoms with van der Waals surface area (Å²) in [6.07, 6.45) is 6.10. The molecule has 0 saturated carbocycles. The fraction of sp³-hybridized carbons (Fsp3) is 0.181. The molecule has 7 N–H and O–H groups in total. The van der Waals surface area contributed by atoms with Crippen LogP contribution in [0.15, 0.2) is 188 Å². The molecule has 100 heavy (non-hydrogen) atoms. The summed E-state index contributed by atoms with van der Waals surface area (Å²) >= 11 is 9.39. The molecular weight excluding hydrogens is 1420 g/mol. The van der Waals surface area contributed by atoms with Gasteiger partial charge in [-0.15, -0.1) is 0 Å². The Morgan fingerprint density at radius 3 is 1.18 bits per heavy atom. The van der Waals surface area contributed by atoms with E-state index < -0.39 is 9.85 Å². The SMILES string of the molecule is C.C.C.C.CCO.CNc1ccc(-c2cn3c(n2)sc2cc(OC)ccc23)cc1.CO.COc1ccc2c(c1)sc1nc(-c3ccc(N)cc3)cn12.COc1ccc2c(c1)sc1nc(-c3ccc([N+](=O)[O-])cc3)cn12.COc1ccc2nc(N)sc2c1.O=C(CBr)c1ccc([N+](=O)[O-])cc1. The summed E-state index contributed by atoms with van der Waals surface area (Å²) in [6.45, 7) is 1.93. The van der Waals surface area contributed by atoms with Crippen LogP contribution in [0, 0.1) is 20.2 Å². The van der Waals surface area contributed by atoms with Gasteiger partial charge in [0.1, 0.15) is 23.0 Å². The minimum Gasteiger partial charge on any atom is -0.497 e. The number of anilines is 3. The minimum absolute atomic E-state index is 0. The quantitative estimate of drug-likeness (QED) is 0.0249. The number of nitro groups is 2. The second kappa shape index (κ2) is 37.4. The number of nitrogens with zero attached hydrogens (tertiary/aromatic N) is 9. The first kappa shape index (κ1) is 80.1. The number of carbonyl (C=O) groups excluding carboxylic acids is 1. The van der Waals surface area contributed by atoms with E-state index in [0.29, 0.717) is 10.7 Å². The molecule has 0 bridgehead atoms. The number of hydrogen-bond donors (Lipinski definition) is 5. The first-order valence-corrected chi connectivity index (χ1v) is 33.3. The van der Waals surface area contributed by atoms with Crippen LogP contribution in [0.25, 0.3) is 89.5 Å². The van der Waals surface area contributed by atoms with E-state index in [9.17, 15) is 25.0 Å². The molecule has 0 radical (unpaired) electrons. The highest BCUT2D eigenvalue weighted by atomic mass is 79.9. The van der Waals surface area contributed by atoms with Gasteiger partial charge in [-0.2, -0.15) is 0 Å². The van der Waals surface area contributed by atoms with Crippen LogP contribution in [0.4, 0.5) is 27.9 Å². The van der Waals surface area contributed by atoms with Crippen molar-refractivity contribution in [1.29, 1.82) is 0 Å². The van der Waals surface area contributed by atoms with Crippen molar-refractivity contribution in [2.45, 2.75) is 36.6 Å². The van der Waals surface area contributed by atoms with Crippen LogP contribution in [0.1, 0.15) is 47.0 Å². The molecule has 23 nitrogen and oxygen atoms in total. The number of non-ortho nitro benzene ring substituents is 2. The number of imidazole rings is 3. The van der Waals surface area contributed by atoms with Gasteiger partial charge >= 0.3 is 0 Å². The topological polar surface area (TPSA) is 310 Å². The lowest BCUT2D eigenvalue weighted by atomic mass is 10.1. The van der Waals surface area contributed by atoms with Crippen molar-refractivity contribution in [3.05, 3.63) is 214 Å². The minimum atomic E-state index is -0.498. The molecule has 7 heterocycles. The number of hydrogen-bond acceptors (Lipinski definition) is 22. The second-order valence-electron chi connectivity index (χ2n) is 20.0. The van der Waals surface area contributed by atoms with Crippen LogP contribution < -0.4 is 35.7 Å². The molecule has 0 saturated heterocycles. The van der Waals surface area contributed by atoms with E-state index in [4.69, 9.17) is 50.6 Å². The predicted octanol–water partition coefficient (Wildman–Crippen LogP) is 18.4. The summed E-state index contributed by atoms with van der Waals surface area (Å²) in [5.41, 5.74) is 23.8. The number of nitrogen functional groups attached to an aromatic ring is 2. The highest BCUT2D eigenvalue weighted by Crippen LogP contribution is 2.36. The normalized spacial score (nSPS) is 10.1. The number of aromatic nitrogens is 7. The van der Waals surface area contributed by atoms with Gasteiger partial charge in [0.15, 0.2) is 25.8 Å². The van der Waals surface area contributed by atoms with Crippen LogP contribution in [-0.2, 0) is 0 Å². The number of carbonyl (C=O) groups is 1. The van der Waals surface area contributed by atoms with Crippen LogP contribution in [0.3, 0.4) is 0 Å². The lowest BCUT2D eigenvalue weighted by Crippen LogP contribution is -1.99. The average Bonchev–Trinajstić information content (AvgIpc) is 1.63. The van der Waals surface area contributed by atoms with Crippen molar-refractivity contribution in [3.8, 4) is 56.8 Å². The molecule has 0 aliphatic rings. The zero-order chi connectivity index (χ0) is 68.6. The first-order chi connectivity index (χ1) is 46.5. The van der Waals surface area contributed by atoms with E-state index in [1.165, 1.54) is 57.1 Å². The summed E-state index contributed by atoms with van der Waals surface area (Å²) in [4.78, 5) is 52.2. The number of nitrogens with two attached hydrogens (primary N) is 2. The number of ketones is 1. The van der Waals surface area contributed by atoms with E-state index in [1.807, 2.05) is 96.5 Å². The fourth-order valence-electron chi connectivity index (χ4n) is 9.35. The van der Waals surface area contributed by atoms with Crippen LogP contribution in [0.2, 0.25) is 0 Å². The molecule has 15 rings (SSSR count). The predicted molar refractivity (Wildman–Crippen MR) is 418 cm³/mol. The number of alkyl halides is 1. The highest BCUT2D eigenvalue weighted by molar-refractivity contribution is 9.09. The van der Waals surface area contributed by atoms with Crippen molar-refractivity contribution >= 4 is 151 Å². The van der Waals surface area contributed by atoms with Gasteiger partial charge in [-0.1, -0.05) is 115 Å². The van der Waals surface area contributed by atoms with E-state index in [-0.39, 0.29) is 58.8 Å². The van der Waals surface area contributed by atoms with Gasteiger partial charge in [0.05, 0.1) is 102 Å². The number of nitro benzene ring substituents is 2. The summed E-state index contributed by atoms with van der Waals surface area (Å²) in [5, 5.41) is 39.5. The fourth-order valence-corrected chi connectivity index (χ4v) is 13.5. The monoisotopic (exact) mass is 1490 g/mol.